The quantitative estimate of drug-likeness (QED) is 0.238. The van der Waals surface area contributed by atoms with E-state index in [-0.39, 0.29) is 29.5 Å². The molecule has 0 aliphatic heterocycles. The van der Waals surface area contributed by atoms with Crippen LogP contribution in [0.25, 0.3) is 0 Å². The van der Waals surface area contributed by atoms with E-state index < -0.39 is 0 Å². The minimum atomic E-state index is -0.367. The maximum Gasteiger partial charge on any atom is 0.251 e. The number of amides is 2. The third kappa shape index (κ3) is 8.77. The number of aromatic amines is 1. The van der Waals surface area contributed by atoms with Crippen LogP contribution in [0.2, 0.25) is 0 Å². The molecule has 3 aromatic rings. The van der Waals surface area contributed by atoms with Crippen LogP contribution in [-0.4, -0.2) is 54.8 Å². The van der Waals surface area contributed by atoms with Gasteiger partial charge in [0.25, 0.3) is 5.56 Å². The van der Waals surface area contributed by atoms with Gasteiger partial charge in [-0.1, -0.05) is 48.2 Å². The molecule has 3 rings (SSSR count). The summed E-state index contributed by atoms with van der Waals surface area (Å²) in [6.07, 6.45) is 1.34. The van der Waals surface area contributed by atoms with Crippen molar-refractivity contribution in [3.63, 3.8) is 0 Å². The molecule has 0 saturated heterocycles. The van der Waals surface area contributed by atoms with Crippen LogP contribution < -0.4 is 25.7 Å². The van der Waals surface area contributed by atoms with Crippen LogP contribution in [0.15, 0.2) is 64.5 Å². The number of ether oxygens (including phenoxy) is 2. The Morgan fingerprint density at radius 3 is 2.31 bits per heavy atom. The van der Waals surface area contributed by atoms with Gasteiger partial charge in [-0.15, -0.1) is 0 Å². The van der Waals surface area contributed by atoms with Crippen molar-refractivity contribution in [3.05, 3.63) is 81.8 Å². The fraction of sp³-hybridized carbons (Fsp3) is 0.308. The molecule has 190 valence electrons. The smallest absolute Gasteiger partial charge is 0.251 e. The van der Waals surface area contributed by atoms with Gasteiger partial charge in [0.2, 0.25) is 11.8 Å². The van der Waals surface area contributed by atoms with Crippen LogP contribution in [0.3, 0.4) is 0 Å². The van der Waals surface area contributed by atoms with Gasteiger partial charge in [0.05, 0.1) is 32.1 Å². The zero-order valence-corrected chi connectivity index (χ0v) is 21.2. The van der Waals surface area contributed by atoms with Gasteiger partial charge in [0.1, 0.15) is 0 Å². The monoisotopic (exact) mass is 510 g/mol. The predicted octanol–water partition coefficient (Wildman–Crippen LogP) is 2.14. The summed E-state index contributed by atoms with van der Waals surface area (Å²) < 4.78 is 10.5. The van der Waals surface area contributed by atoms with E-state index in [1.54, 1.807) is 14.2 Å². The lowest BCUT2D eigenvalue weighted by molar-refractivity contribution is -0.120. The summed E-state index contributed by atoms with van der Waals surface area (Å²) in [5, 5.41) is 5.99. The Kier molecular flexibility index (Phi) is 10.4. The molecule has 2 amide bonds. The largest absolute Gasteiger partial charge is 0.493 e. The molecule has 0 unspecified atom stereocenters. The number of rotatable bonds is 13. The zero-order chi connectivity index (χ0) is 25.8. The number of carbonyl (C=O) groups excluding carboxylic acids is 2. The molecule has 0 aliphatic rings. The standard InChI is InChI=1S/C26H30N4O5S/c1-34-21-9-8-19(14-22(21)35-2)11-13-28-25(33)17-36-26-29-20(16-24(32)30-26)15-23(31)27-12-10-18-6-4-3-5-7-18/h3-9,14,16H,10-13,15,17H2,1-2H3,(H,27,31)(H,28,33)(H,29,30,32). The minimum absolute atomic E-state index is 0.0101. The Hall–Kier alpha value is -3.79. The average Bonchev–Trinajstić information content (AvgIpc) is 2.87. The lowest BCUT2D eigenvalue weighted by Gasteiger charge is -2.10. The van der Waals surface area contributed by atoms with E-state index in [2.05, 4.69) is 20.6 Å². The third-order valence-electron chi connectivity index (χ3n) is 5.22. The van der Waals surface area contributed by atoms with Crippen molar-refractivity contribution in [3.8, 4) is 11.5 Å². The van der Waals surface area contributed by atoms with Gasteiger partial charge in [-0.3, -0.25) is 14.4 Å². The molecule has 0 saturated carbocycles. The zero-order valence-electron chi connectivity index (χ0n) is 20.3. The Morgan fingerprint density at radius 2 is 1.58 bits per heavy atom. The fourth-order valence-corrected chi connectivity index (χ4v) is 4.15. The van der Waals surface area contributed by atoms with Crippen LogP contribution in [-0.2, 0) is 28.9 Å². The number of hydrogen-bond donors (Lipinski definition) is 3. The van der Waals surface area contributed by atoms with Crippen LogP contribution in [0.1, 0.15) is 16.8 Å². The summed E-state index contributed by atoms with van der Waals surface area (Å²) in [6.45, 7) is 0.944. The molecular formula is C26H30N4O5S. The third-order valence-corrected chi connectivity index (χ3v) is 6.09. The first kappa shape index (κ1) is 26.8. The minimum Gasteiger partial charge on any atom is -0.493 e. The van der Waals surface area contributed by atoms with Gasteiger partial charge in [0, 0.05) is 19.2 Å². The van der Waals surface area contributed by atoms with Crippen molar-refractivity contribution < 1.29 is 19.1 Å². The summed E-state index contributed by atoms with van der Waals surface area (Å²) in [5.41, 5.74) is 2.12. The lowest BCUT2D eigenvalue weighted by atomic mass is 10.1. The van der Waals surface area contributed by atoms with Gasteiger partial charge in [-0.2, -0.15) is 0 Å². The van der Waals surface area contributed by atoms with Crippen molar-refractivity contribution in [1.29, 1.82) is 0 Å². The van der Waals surface area contributed by atoms with Crippen molar-refractivity contribution in [2.75, 3.05) is 33.1 Å². The highest BCUT2D eigenvalue weighted by molar-refractivity contribution is 7.99. The SMILES string of the molecule is COc1ccc(CCNC(=O)CSc2nc(CC(=O)NCCc3ccccc3)cc(=O)[nH]2)cc1OC. The Morgan fingerprint density at radius 1 is 0.889 bits per heavy atom. The number of carbonyl (C=O) groups is 2. The van der Waals surface area contributed by atoms with Crippen molar-refractivity contribution in [1.82, 2.24) is 20.6 Å². The Bertz CT molecular complexity index is 1220. The molecule has 2 aromatic carbocycles. The number of thioether (sulfide) groups is 1. The molecule has 0 aliphatic carbocycles. The van der Waals surface area contributed by atoms with Gasteiger partial charge in [-0.25, -0.2) is 4.98 Å². The van der Waals surface area contributed by atoms with E-state index in [1.165, 1.54) is 6.07 Å². The van der Waals surface area contributed by atoms with Crippen molar-refractivity contribution in [2.45, 2.75) is 24.4 Å². The molecule has 36 heavy (non-hydrogen) atoms. The predicted molar refractivity (Wildman–Crippen MR) is 139 cm³/mol. The summed E-state index contributed by atoms with van der Waals surface area (Å²) in [7, 11) is 3.15. The first-order valence-electron chi connectivity index (χ1n) is 11.5. The normalized spacial score (nSPS) is 10.5. The number of benzene rings is 2. The van der Waals surface area contributed by atoms with Crippen molar-refractivity contribution >= 4 is 23.6 Å². The van der Waals surface area contributed by atoms with Crippen LogP contribution >= 0.6 is 11.8 Å². The summed E-state index contributed by atoms with van der Waals surface area (Å²) >= 11 is 1.11. The van der Waals surface area contributed by atoms with Crippen LogP contribution in [0.4, 0.5) is 0 Å². The van der Waals surface area contributed by atoms with Crippen LogP contribution in [0, 0.1) is 0 Å². The molecule has 0 bridgehead atoms. The summed E-state index contributed by atoms with van der Waals surface area (Å²) in [5.74, 6) is 0.966. The van der Waals surface area contributed by atoms with Crippen molar-refractivity contribution in [2.24, 2.45) is 0 Å². The number of nitrogens with zero attached hydrogens (tertiary/aromatic N) is 1. The number of methoxy groups -OCH3 is 2. The van der Waals surface area contributed by atoms with E-state index in [9.17, 15) is 14.4 Å². The lowest BCUT2D eigenvalue weighted by Crippen LogP contribution is -2.28. The second kappa shape index (κ2) is 13.9. The van der Waals surface area contributed by atoms with E-state index in [4.69, 9.17) is 9.47 Å². The number of hydrogen-bond acceptors (Lipinski definition) is 7. The Balaban J connectivity index is 1.42. The highest BCUT2D eigenvalue weighted by atomic mass is 32.2. The number of nitrogens with one attached hydrogen (secondary N) is 3. The summed E-state index contributed by atoms with van der Waals surface area (Å²) in [6, 6.07) is 16.8. The van der Waals surface area contributed by atoms with Gasteiger partial charge in [0.15, 0.2) is 16.7 Å². The molecule has 1 heterocycles. The number of aromatic nitrogens is 2. The van der Waals surface area contributed by atoms with Crippen LogP contribution in [0.5, 0.6) is 11.5 Å². The molecule has 10 heteroatoms. The second-order valence-electron chi connectivity index (χ2n) is 7.88. The average molecular weight is 511 g/mol. The maximum absolute atomic E-state index is 12.3. The van der Waals surface area contributed by atoms with Gasteiger partial charge >= 0.3 is 0 Å². The van der Waals surface area contributed by atoms with E-state index in [1.807, 2.05) is 48.5 Å². The molecule has 0 atom stereocenters. The second-order valence-corrected chi connectivity index (χ2v) is 8.85. The van der Waals surface area contributed by atoms with Gasteiger partial charge in [-0.05, 0) is 36.1 Å². The van der Waals surface area contributed by atoms with E-state index in [0.717, 1.165) is 29.3 Å². The summed E-state index contributed by atoms with van der Waals surface area (Å²) in [4.78, 5) is 43.4. The van der Waals surface area contributed by atoms with E-state index in [0.29, 0.717) is 41.9 Å². The van der Waals surface area contributed by atoms with Gasteiger partial charge < -0.3 is 25.1 Å². The molecule has 1 aromatic heterocycles. The molecule has 3 N–H and O–H groups in total. The number of H-pyrrole nitrogens is 1. The maximum atomic E-state index is 12.3. The molecule has 9 nitrogen and oxygen atoms in total. The highest BCUT2D eigenvalue weighted by Gasteiger charge is 2.10. The molecule has 0 fully saturated rings. The first-order valence-corrected chi connectivity index (χ1v) is 12.5. The molecule has 0 spiro atoms. The fourth-order valence-electron chi connectivity index (χ4n) is 3.43. The first-order chi connectivity index (χ1) is 17.5. The van der Waals surface area contributed by atoms with E-state index >= 15 is 0 Å². The molecule has 0 radical (unpaired) electrons. The Labute approximate surface area is 214 Å². The highest BCUT2D eigenvalue weighted by Crippen LogP contribution is 2.27. The molecular weight excluding hydrogens is 480 g/mol. The topological polar surface area (TPSA) is 122 Å².